The Labute approximate surface area is 116 Å². The van der Waals surface area contributed by atoms with Crippen molar-refractivity contribution in [2.24, 2.45) is 0 Å². The van der Waals surface area contributed by atoms with Crippen LogP contribution in [-0.2, 0) is 6.42 Å². The summed E-state index contributed by atoms with van der Waals surface area (Å²) < 4.78 is 26.5. The molecule has 0 aliphatic rings. The number of aryl methyl sites for hydroxylation is 1. The van der Waals surface area contributed by atoms with Crippen LogP contribution in [0.2, 0.25) is 0 Å². The number of hydrogen-bond acceptors (Lipinski definition) is 4. The van der Waals surface area contributed by atoms with Crippen LogP contribution in [0, 0.1) is 11.6 Å². The molecule has 2 rings (SSSR count). The summed E-state index contributed by atoms with van der Waals surface area (Å²) in [4.78, 5) is 8.57. The van der Waals surface area contributed by atoms with Crippen LogP contribution in [-0.4, -0.2) is 16.5 Å². The molecule has 2 N–H and O–H groups in total. The van der Waals surface area contributed by atoms with Crippen molar-refractivity contribution < 1.29 is 8.78 Å². The predicted octanol–water partition coefficient (Wildman–Crippen LogP) is 3.49. The molecular formula is C14H16F2N4. The molecule has 2 aromatic rings. The molecule has 0 aliphatic heterocycles. The minimum absolute atomic E-state index is 0.176. The predicted molar refractivity (Wildman–Crippen MR) is 75.2 cm³/mol. The van der Waals surface area contributed by atoms with Crippen molar-refractivity contribution >= 4 is 17.3 Å². The summed E-state index contributed by atoms with van der Waals surface area (Å²) in [6, 6.07) is 5.05. The molecule has 0 bridgehead atoms. The lowest BCUT2D eigenvalue weighted by atomic mass is 10.3. The van der Waals surface area contributed by atoms with Crippen molar-refractivity contribution in [3.05, 3.63) is 41.7 Å². The van der Waals surface area contributed by atoms with Crippen LogP contribution in [0.15, 0.2) is 24.3 Å². The fraction of sp³-hybridized carbons (Fsp3) is 0.286. The Kier molecular flexibility index (Phi) is 4.45. The highest BCUT2D eigenvalue weighted by molar-refractivity contribution is 5.59. The first-order chi connectivity index (χ1) is 9.62. The van der Waals surface area contributed by atoms with E-state index in [0.29, 0.717) is 23.9 Å². The van der Waals surface area contributed by atoms with Gasteiger partial charge in [-0.1, -0.05) is 6.92 Å². The van der Waals surface area contributed by atoms with Crippen molar-refractivity contribution in [3.63, 3.8) is 0 Å². The molecule has 106 valence electrons. The highest BCUT2D eigenvalue weighted by atomic mass is 19.1. The van der Waals surface area contributed by atoms with Gasteiger partial charge in [0.1, 0.15) is 29.1 Å². The molecule has 1 aromatic carbocycles. The number of nitrogens with zero attached hydrogens (tertiary/aromatic N) is 2. The van der Waals surface area contributed by atoms with Gasteiger partial charge in [-0.15, -0.1) is 0 Å². The van der Waals surface area contributed by atoms with E-state index < -0.39 is 11.6 Å². The van der Waals surface area contributed by atoms with Crippen LogP contribution >= 0.6 is 0 Å². The second-order valence-electron chi connectivity index (χ2n) is 4.19. The van der Waals surface area contributed by atoms with E-state index >= 15 is 0 Å². The highest BCUT2D eigenvalue weighted by Crippen LogP contribution is 2.21. The smallest absolute Gasteiger partial charge is 0.149 e. The standard InChI is InChI=1S/C14H16F2N4/c1-3-12-19-13(17-4-2)8-14(20-12)18-11-6-5-9(15)7-10(11)16/h5-8H,3-4H2,1-2H3,(H2,17,18,19,20). The first-order valence-corrected chi connectivity index (χ1v) is 6.46. The van der Waals surface area contributed by atoms with E-state index in [9.17, 15) is 8.78 Å². The highest BCUT2D eigenvalue weighted by Gasteiger charge is 2.07. The number of benzene rings is 1. The molecule has 4 nitrogen and oxygen atoms in total. The van der Waals surface area contributed by atoms with Gasteiger partial charge >= 0.3 is 0 Å². The Morgan fingerprint density at radius 2 is 1.80 bits per heavy atom. The lowest BCUT2D eigenvalue weighted by Crippen LogP contribution is -2.06. The number of rotatable bonds is 5. The van der Waals surface area contributed by atoms with Crippen LogP contribution in [0.25, 0.3) is 0 Å². The van der Waals surface area contributed by atoms with Gasteiger partial charge < -0.3 is 10.6 Å². The molecule has 0 saturated carbocycles. The molecule has 0 unspecified atom stereocenters. The van der Waals surface area contributed by atoms with Crippen molar-refractivity contribution in [1.82, 2.24) is 9.97 Å². The SMILES string of the molecule is CCNc1cc(Nc2ccc(F)cc2F)nc(CC)n1. The third-order valence-electron chi connectivity index (χ3n) is 2.64. The van der Waals surface area contributed by atoms with Gasteiger partial charge in [0.25, 0.3) is 0 Å². The first-order valence-electron chi connectivity index (χ1n) is 6.46. The van der Waals surface area contributed by atoms with Gasteiger partial charge in [-0.05, 0) is 19.1 Å². The second kappa shape index (κ2) is 6.27. The van der Waals surface area contributed by atoms with E-state index in [1.807, 2.05) is 13.8 Å². The average Bonchev–Trinajstić information content (AvgIpc) is 2.42. The number of nitrogens with one attached hydrogen (secondary N) is 2. The summed E-state index contributed by atoms with van der Waals surface area (Å²) in [5.74, 6) is 0.515. The molecule has 0 radical (unpaired) electrons. The number of hydrogen-bond donors (Lipinski definition) is 2. The Morgan fingerprint density at radius 3 is 2.45 bits per heavy atom. The largest absolute Gasteiger partial charge is 0.370 e. The van der Waals surface area contributed by atoms with E-state index in [1.54, 1.807) is 6.07 Å². The molecule has 0 fully saturated rings. The van der Waals surface area contributed by atoms with E-state index in [0.717, 1.165) is 12.6 Å². The Hall–Kier alpha value is -2.24. The van der Waals surface area contributed by atoms with Gasteiger partial charge in [-0.3, -0.25) is 0 Å². The third-order valence-corrected chi connectivity index (χ3v) is 2.64. The summed E-state index contributed by atoms with van der Waals surface area (Å²) in [6.07, 6.45) is 0.666. The third kappa shape index (κ3) is 3.40. The summed E-state index contributed by atoms with van der Waals surface area (Å²) in [5, 5.41) is 5.93. The minimum atomic E-state index is -0.660. The van der Waals surface area contributed by atoms with E-state index in [2.05, 4.69) is 20.6 Å². The van der Waals surface area contributed by atoms with Crippen molar-refractivity contribution in [2.45, 2.75) is 20.3 Å². The summed E-state index contributed by atoms with van der Waals surface area (Å²) in [5.41, 5.74) is 0.176. The summed E-state index contributed by atoms with van der Waals surface area (Å²) in [7, 11) is 0. The molecule has 0 aliphatic carbocycles. The monoisotopic (exact) mass is 278 g/mol. The van der Waals surface area contributed by atoms with E-state index in [-0.39, 0.29) is 5.69 Å². The number of aromatic nitrogens is 2. The van der Waals surface area contributed by atoms with Gasteiger partial charge in [-0.25, -0.2) is 18.7 Å². The van der Waals surface area contributed by atoms with Gasteiger partial charge in [0.2, 0.25) is 0 Å². The molecule has 0 saturated heterocycles. The Balaban J connectivity index is 2.29. The van der Waals surface area contributed by atoms with Crippen molar-refractivity contribution in [2.75, 3.05) is 17.2 Å². The fourth-order valence-electron chi connectivity index (χ4n) is 1.72. The average molecular weight is 278 g/mol. The Morgan fingerprint density at radius 1 is 1.05 bits per heavy atom. The van der Waals surface area contributed by atoms with E-state index in [4.69, 9.17) is 0 Å². The lowest BCUT2D eigenvalue weighted by Gasteiger charge is -2.10. The molecule has 1 heterocycles. The topological polar surface area (TPSA) is 49.8 Å². The molecule has 1 aromatic heterocycles. The zero-order valence-corrected chi connectivity index (χ0v) is 11.4. The normalized spacial score (nSPS) is 10.4. The van der Waals surface area contributed by atoms with Gasteiger partial charge in [0.05, 0.1) is 5.69 Å². The van der Waals surface area contributed by atoms with Crippen LogP contribution in [0.4, 0.5) is 26.1 Å². The van der Waals surface area contributed by atoms with Crippen molar-refractivity contribution in [3.8, 4) is 0 Å². The van der Waals surface area contributed by atoms with Crippen molar-refractivity contribution in [1.29, 1.82) is 0 Å². The van der Waals surface area contributed by atoms with Gasteiger partial charge in [0, 0.05) is 25.1 Å². The fourth-order valence-corrected chi connectivity index (χ4v) is 1.72. The van der Waals surface area contributed by atoms with Crippen LogP contribution in [0.5, 0.6) is 0 Å². The molecule has 0 spiro atoms. The van der Waals surface area contributed by atoms with Crippen LogP contribution < -0.4 is 10.6 Å². The molecule has 0 amide bonds. The summed E-state index contributed by atoms with van der Waals surface area (Å²) >= 11 is 0. The maximum atomic E-state index is 13.6. The molecule has 6 heteroatoms. The first kappa shape index (κ1) is 14.2. The number of anilines is 3. The maximum absolute atomic E-state index is 13.6. The molecule has 20 heavy (non-hydrogen) atoms. The Bertz CT molecular complexity index is 602. The second-order valence-corrected chi connectivity index (χ2v) is 4.19. The van der Waals surface area contributed by atoms with Gasteiger partial charge in [-0.2, -0.15) is 0 Å². The molecular weight excluding hydrogens is 262 g/mol. The quantitative estimate of drug-likeness (QED) is 0.879. The van der Waals surface area contributed by atoms with Crippen LogP contribution in [0.3, 0.4) is 0 Å². The van der Waals surface area contributed by atoms with Gasteiger partial charge in [0.15, 0.2) is 0 Å². The molecule has 0 atom stereocenters. The summed E-state index contributed by atoms with van der Waals surface area (Å²) in [6.45, 7) is 4.62. The minimum Gasteiger partial charge on any atom is -0.370 e. The lowest BCUT2D eigenvalue weighted by molar-refractivity contribution is 0.586. The van der Waals surface area contributed by atoms with E-state index in [1.165, 1.54) is 12.1 Å². The zero-order chi connectivity index (χ0) is 14.5. The number of halogens is 2. The zero-order valence-electron chi connectivity index (χ0n) is 11.4. The maximum Gasteiger partial charge on any atom is 0.149 e. The van der Waals surface area contributed by atoms with Crippen LogP contribution in [0.1, 0.15) is 19.7 Å².